The summed E-state index contributed by atoms with van der Waals surface area (Å²) in [5.41, 5.74) is 1.31. The Morgan fingerprint density at radius 1 is 1.17 bits per heavy atom. The first kappa shape index (κ1) is 3.25. The molecule has 1 heteroatoms. The second-order valence-corrected chi connectivity index (χ2v) is 5.57. The maximum atomic E-state index is 1.66. The molecule has 2 saturated heterocycles. The molecule has 0 amide bonds. The molecule has 2 fully saturated rings. The molecule has 33 valence electrons. The summed E-state index contributed by atoms with van der Waals surface area (Å²) in [6, 6.07) is 3.32. The molecule has 2 rings (SSSR count). The molecule has 0 atom stereocenters. The van der Waals surface area contributed by atoms with Gasteiger partial charge in [-0.25, -0.2) is 0 Å². The van der Waals surface area contributed by atoms with Gasteiger partial charge >= 0.3 is 0 Å². The Hall–Kier alpha value is 0.217. The third-order valence-electron chi connectivity index (χ3n) is 2.21. The van der Waals surface area contributed by atoms with Crippen molar-refractivity contribution in [2.75, 3.05) is 0 Å². The van der Waals surface area contributed by atoms with E-state index in [0.29, 0.717) is 8.80 Å². The molecular weight excluding hydrogens is 88.1 g/mol. The highest BCUT2D eigenvalue weighted by molar-refractivity contribution is 6.66. The van der Waals surface area contributed by atoms with Crippen LogP contribution >= 0.6 is 0 Å². The fraction of sp³-hybridized carbons (Fsp3) is 1.00. The first-order valence-corrected chi connectivity index (χ1v) is 4.80. The van der Waals surface area contributed by atoms with Crippen molar-refractivity contribution in [1.29, 1.82) is 0 Å². The molecule has 0 nitrogen and oxygen atoms in total. The SMILES string of the molecule is C1C[Si]2CCC12. The van der Waals surface area contributed by atoms with E-state index in [1.807, 2.05) is 0 Å². The average Bonchev–Trinajstić information content (AvgIpc) is 1.54. The van der Waals surface area contributed by atoms with Crippen LogP contribution in [0.15, 0.2) is 0 Å². The monoisotopic (exact) mass is 97.0 g/mol. The maximum Gasteiger partial charge on any atom is 0.0512 e. The predicted octanol–water partition coefficient (Wildman–Crippen LogP) is 1.66. The lowest BCUT2D eigenvalue weighted by molar-refractivity contribution is 0.592. The standard InChI is InChI=1S/C5H9Si/c1-3-6-4-2-5(1)6/h5H,1-4H2. The molecule has 1 radical (unpaired) electrons. The summed E-state index contributed by atoms with van der Waals surface area (Å²) < 4.78 is 0. The van der Waals surface area contributed by atoms with E-state index < -0.39 is 0 Å². The number of hydrogen-bond donors (Lipinski definition) is 0. The average molecular weight is 97.2 g/mol. The lowest BCUT2D eigenvalue weighted by Gasteiger charge is -2.44. The lowest BCUT2D eigenvalue weighted by atomic mass is 10.2. The Balaban J connectivity index is 2.03. The van der Waals surface area contributed by atoms with Crippen LogP contribution in [0.3, 0.4) is 0 Å². The molecule has 2 aliphatic rings. The van der Waals surface area contributed by atoms with Crippen molar-refractivity contribution in [2.45, 2.75) is 30.5 Å². The second kappa shape index (κ2) is 0.889. The zero-order valence-corrected chi connectivity index (χ0v) is 4.91. The van der Waals surface area contributed by atoms with Gasteiger partial charge in [-0.1, -0.05) is 24.9 Å². The van der Waals surface area contributed by atoms with Crippen LogP contribution in [-0.2, 0) is 0 Å². The van der Waals surface area contributed by atoms with Crippen LogP contribution in [0.25, 0.3) is 0 Å². The van der Waals surface area contributed by atoms with Gasteiger partial charge in [-0.2, -0.15) is 0 Å². The van der Waals surface area contributed by atoms with E-state index in [-0.39, 0.29) is 0 Å². The van der Waals surface area contributed by atoms with Gasteiger partial charge in [0.1, 0.15) is 0 Å². The van der Waals surface area contributed by atoms with Crippen LogP contribution in [0.4, 0.5) is 0 Å². The molecule has 0 aliphatic carbocycles. The van der Waals surface area contributed by atoms with Crippen molar-refractivity contribution in [2.24, 2.45) is 0 Å². The number of hydrogen-bond acceptors (Lipinski definition) is 0. The minimum Gasteiger partial charge on any atom is -0.0588 e. The van der Waals surface area contributed by atoms with Crippen LogP contribution in [0.1, 0.15) is 12.8 Å². The predicted molar refractivity (Wildman–Crippen MR) is 28.4 cm³/mol. The summed E-state index contributed by atoms with van der Waals surface area (Å²) in [5, 5.41) is 0. The Bertz CT molecular complexity index is 52.3. The van der Waals surface area contributed by atoms with Crippen molar-refractivity contribution in [3.8, 4) is 0 Å². The number of rotatable bonds is 0. The summed E-state index contributed by atoms with van der Waals surface area (Å²) >= 11 is 0. The molecule has 0 N–H and O–H groups in total. The Kier molecular flexibility index (Phi) is 0.481. The van der Waals surface area contributed by atoms with E-state index in [4.69, 9.17) is 0 Å². The smallest absolute Gasteiger partial charge is 0.0512 e. The van der Waals surface area contributed by atoms with E-state index in [9.17, 15) is 0 Å². The molecule has 0 aromatic carbocycles. The van der Waals surface area contributed by atoms with E-state index in [1.165, 1.54) is 5.54 Å². The van der Waals surface area contributed by atoms with E-state index in [1.54, 1.807) is 24.9 Å². The van der Waals surface area contributed by atoms with Gasteiger partial charge in [0, 0.05) is 0 Å². The summed E-state index contributed by atoms with van der Waals surface area (Å²) in [6.45, 7) is 0. The first-order valence-electron chi connectivity index (χ1n) is 2.81. The molecule has 0 saturated carbocycles. The van der Waals surface area contributed by atoms with E-state index in [2.05, 4.69) is 0 Å². The largest absolute Gasteiger partial charge is 0.0588 e. The molecule has 0 unspecified atom stereocenters. The molecule has 0 bridgehead atoms. The third-order valence-corrected chi connectivity index (χ3v) is 5.80. The highest BCUT2D eigenvalue weighted by Crippen LogP contribution is 2.48. The van der Waals surface area contributed by atoms with Crippen molar-refractivity contribution in [1.82, 2.24) is 0 Å². The highest BCUT2D eigenvalue weighted by Gasteiger charge is 2.39. The van der Waals surface area contributed by atoms with Crippen LogP contribution in [-0.4, -0.2) is 8.80 Å². The van der Waals surface area contributed by atoms with Gasteiger partial charge in [-0.05, 0) is 5.54 Å². The van der Waals surface area contributed by atoms with Gasteiger partial charge in [0.05, 0.1) is 8.80 Å². The minimum atomic E-state index is 0.409. The summed E-state index contributed by atoms with van der Waals surface area (Å²) in [4.78, 5) is 0. The first-order chi connectivity index (χ1) is 2.97. The molecule has 2 heterocycles. The van der Waals surface area contributed by atoms with Crippen molar-refractivity contribution in [3.63, 3.8) is 0 Å². The van der Waals surface area contributed by atoms with Crippen LogP contribution in [0.2, 0.25) is 17.6 Å². The normalized spacial score (nSPS) is 34.0. The summed E-state index contributed by atoms with van der Waals surface area (Å²) in [5.74, 6) is 0. The fourth-order valence-corrected chi connectivity index (χ4v) is 3.83. The van der Waals surface area contributed by atoms with Gasteiger partial charge < -0.3 is 0 Å². The summed E-state index contributed by atoms with van der Waals surface area (Å²) in [6.07, 6.45) is 3.21. The van der Waals surface area contributed by atoms with Crippen molar-refractivity contribution in [3.05, 3.63) is 0 Å². The molecule has 0 aromatic heterocycles. The molecule has 2 aliphatic heterocycles. The molecule has 6 heavy (non-hydrogen) atoms. The third kappa shape index (κ3) is 0.216. The van der Waals surface area contributed by atoms with Gasteiger partial charge in [-0.15, -0.1) is 0 Å². The molecule has 0 spiro atoms. The van der Waals surface area contributed by atoms with E-state index in [0.717, 1.165) is 0 Å². The van der Waals surface area contributed by atoms with Gasteiger partial charge in [-0.3, -0.25) is 0 Å². The Labute approximate surface area is 40.2 Å². The fourth-order valence-electron chi connectivity index (χ4n) is 1.37. The Morgan fingerprint density at radius 2 is 1.67 bits per heavy atom. The number of fused-ring (bicyclic) bond motifs is 1. The maximum absolute atomic E-state index is 1.66. The zero-order chi connectivity index (χ0) is 3.98. The van der Waals surface area contributed by atoms with E-state index >= 15 is 0 Å². The van der Waals surface area contributed by atoms with Gasteiger partial charge in [0.15, 0.2) is 0 Å². The molecular formula is C5H9Si. The van der Waals surface area contributed by atoms with Gasteiger partial charge in [0.25, 0.3) is 0 Å². The topological polar surface area (TPSA) is 0 Å². The second-order valence-electron chi connectivity index (χ2n) is 2.43. The molecule has 0 aromatic rings. The van der Waals surface area contributed by atoms with Gasteiger partial charge in [0.2, 0.25) is 0 Å². The summed E-state index contributed by atoms with van der Waals surface area (Å²) in [7, 11) is 0.409. The quantitative estimate of drug-likeness (QED) is 0.403. The minimum absolute atomic E-state index is 0.409. The van der Waals surface area contributed by atoms with Crippen LogP contribution in [0, 0.1) is 0 Å². The zero-order valence-electron chi connectivity index (χ0n) is 3.91. The highest BCUT2D eigenvalue weighted by atomic mass is 28.3. The van der Waals surface area contributed by atoms with Crippen LogP contribution < -0.4 is 0 Å². The van der Waals surface area contributed by atoms with Crippen LogP contribution in [0.5, 0.6) is 0 Å². The Morgan fingerprint density at radius 3 is 1.67 bits per heavy atom. The van der Waals surface area contributed by atoms with Crippen molar-refractivity contribution < 1.29 is 0 Å². The lowest BCUT2D eigenvalue weighted by Crippen LogP contribution is -2.39. The van der Waals surface area contributed by atoms with Crippen molar-refractivity contribution >= 4 is 8.80 Å².